The van der Waals surface area contributed by atoms with Gasteiger partial charge in [-0.25, -0.2) is 0 Å². The first-order chi connectivity index (χ1) is 6.74. The van der Waals surface area contributed by atoms with E-state index in [1.54, 1.807) is 12.5 Å². The van der Waals surface area contributed by atoms with E-state index in [1.165, 1.54) is 5.56 Å². The average molecular weight is 193 g/mol. The molecule has 0 radical (unpaired) electrons. The molecule has 0 spiro atoms. The number of nitrogens with one attached hydrogen (secondary N) is 1. The third-order valence-corrected chi connectivity index (χ3v) is 2.38. The average Bonchev–Trinajstić information content (AvgIpc) is 2.67. The molecule has 0 aliphatic heterocycles. The van der Waals surface area contributed by atoms with E-state index in [4.69, 9.17) is 4.42 Å². The third kappa shape index (κ3) is 3.38. The summed E-state index contributed by atoms with van der Waals surface area (Å²) in [5.41, 5.74) is 1.20. The molecule has 0 amide bonds. The van der Waals surface area contributed by atoms with Crippen LogP contribution in [0, 0.1) is 0 Å². The lowest BCUT2D eigenvalue weighted by atomic mass is 10.1. The van der Waals surface area contributed by atoms with E-state index in [2.05, 4.69) is 25.7 Å². The smallest absolute Gasteiger partial charge is 0.0950 e. The van der Waals surface area contributed by atoms with Gasteiger partial charge in [-0.2, -0.15) is 0 Å². The summed E-state index contributed by atoms with van der Waals surface area (Å²) in [5, 5.41) is 3.51. The van der Waals surface area contributed by atoms with E-state index in [0.717, 1.165) is 12.8 Å². The van der Waals surface area contributed by atoms with Gasteiger partial charge < -0.3 is 9.73 Å². The van der Waals surface area contributed by atoms with Crippen molar-refractivity contribution in [3.05, 3.63) is 36.8 Å². The van der Waals surface area contributed by atoms with Crippen molar-refractivity contribution in [2.75, 3.05) is 0 Å². The molecule has 14 heavy (non-hydrogen) atoms. The Hall–Kier alpha value is -1.02. The zero-order chi connectivity index (χ0) is 10.4. The van der Waals surface area contributed by atoms with Crippen LogP contribution in [0.1, 0.15) is 38.3 Å². The van der Waals surface area contributed by atoms with Crippen molar-refractivity contribution in [3.8, 4) is 0 Å². The second-order valence-corrected chi connectivity index (χ2v) is 3.71. The first-order valence-corrected chi connectivity index (χ1v) is 5.13. The lowest BCUT2D eigenvalue weighted by Gasteiger charge is -2.18. The minimum absolute atomic E-state index is 0.355. The quantitative estimate of drug-likeness (QED) is 0.701. The van der Waals surface area contributed by atoms with Crippen LogP contribution in [-0.4, -0.2) is 6.04 Å². The molecule has 1 rings (SSSR count). The van der Waals surface area contributed by atoms with Crippen LogP contribution in [0.4, 0.5) is 0 Å². The molecule has 0 aliphatic carbocycles. The lowest BCUT2D eigenvalue weighted by molar-refractivity contribution is 0.454. The Morgan fingerprint density at radius 1 is 1.57 bits per heavy atom. The topological polar surface area (TPSA) is 25.2 Å². The SMILES string of the molecule is C=CCCC(C)NC(C)c1ccoc1. The molecule has 2 heteroatoms. The summed E-state index contributed by atoms with van der Waals surface area (Å²) in [6, 6.07) is 2.87. The molecule has 0 saturated carbocycles. The fraction of sp³-hybridized carbons (Fsp3) is 0.500. The van der Waals surface area contributed by atoms with Crippen molar-refractivity contribution in [2.45, 2.75) is 38.8 Å². The van der Waals surface area contributed by atoms with Crippen LogP contribution in [0.5, 0.6) is 0 Å². The summed E-state index contributed by atoms with van der Waals surface area (Å²) >= 11 is 0. The highest BCUT2D eigenvalue weighted by Gasteiger charge is 2.09. The van der Waals surface area contributed by atoms with Crippen molar-refractivity contribution in [2.24, 2.45) is 0 Å². The monoisotopic (exact) mass is 193 g/mol. The van der Waals surface area contributed by atoms with Crippen molar-refractivity contribution < 1.29 is 4.42 Å². The normalized spacial score (nSPS) is 15.0. The molecular formula is C12H19NO. The summed E-state index contributed by atoms with van der Waals surface area (Å²) in [5.74, 6) is 0. The van der Waals surface area contributed by atoms with Gasteiger partial charge in [0.1, 0.15) is 0 Å². The second-order valence-electron chi connectivity index (χ2n) is 3.71. The first kappa shape index (κ1) is 11.1. The molecule has 2 nitrogen and oxygen atoms in total. The zero-order valence-electron chi connectivity index (χ0n) is 8.99. The molecule has 0 saturated heterocycles. The Kier molecular flexibility index (Phi) is 4.47. The van der Waals surface area contributed by atoms with Gasteiger partial charge >= 0.3 is 0 Å². The van der Waals surface area contributed by atoms with Crippen LogP contribution in [-0.2, 0) is 0 Å². The van der Waals surface area contributed by atoms with E-state index in [0.29, 0.717) is 12.1 Å². The maximum Gasteiger partial charge on any atom is 0.0950 e. The van der Waals surface area contributed by atoms with Gasteiger partial charge in [0.25, 0.3) is 0 Å². The number of hydrogen-bond acceptors (Lipinski definition) is 2. The molecule has 1 aromatic rings. The Bertz CT molecular complexity index is 253. The van der Waals surface area contributed by atoms with Gasteiger partial charge in [0, 0.05) is 17.6 Å². The highest BCUT2D eigenvalue weighted by atomic mass is 16.3. The van der Waals surface area contributed by atoms with Crippen molar-refractivity contribution in [3.63, 3.8) is 0 Å². The van der Waals surface area contributed by atoms with E-state index < -0.39 is 0 Å². The van der Waals surface area contributed by atoms with Crippen LogP contribution in [0.25, 0.3) is 0 Å². The summed E-state index contributed by atoms with van der Waals surface area (Å²) in [4.78, 5) is 0. The molecule has 1 aromatic heterocycles. The molecule has 0 aromatic carbocycles. The molecule has 2 unspecified atom stereocenters. The van der Waals surface area contributed by atoms with Crippen LogP contribution in [0.2, 0.25) is 0 Å². The molecule has 1 N–H and O–H groups in total. The molecule has 0 fully saturated rings. The Labute approximate surface area is 86.0 Å². The minimum atomic E-state index is 0.355. The number of hydrogen-bond donors (Lipinski definition) is 1. The van der Waals surface area contributed by atoms with E-state index in [-0.39, 0.29) is 0 Å². The number of allylic oxidation sites excluding steroid dienone is 1. The van der Waals surface area contributed by atoms with Crippen molar-refractivity contribution in [1.82, 2.24) is 5.32 Å². The van der Waals surface area contributed by atoms with Crippen LogP contribution >= 0.6 is 0 Å². The molecule has 2 atom stereocenters. The predicted octanol–water partition coefficient (Wildman–Crippen LogP) is 3.28. The van der Waals surface area contributed by atoms with Gasteiger partial charge in [0.15, 0.2) is 0 Å². The molecule has 0 aliphatic rings. The van der Waals surface area contributed by atoms with Gasteiger partial charge in [0.2, 0.25) is 0 Å². The van der Waals surface area contributed by atoms with Gasteiger partial charge in [-0.05, 0) is 32.8 Å². The highest BCUT2D eigenvalue weighted by Crippen LogP contribution is 2.13. The van der Waals surface area contributed by atoms with Gasteiger partial charge in [0.05, 0.1) is 12.5 Å². The molecule has 1 heterocycles. The number of furan rings is 1. The second kappa shape index (κ2) is 5.66. The largest absolute Gasteiger partial charge is 0.472 e. The maximum atomic E-state index is 5.04. The minimum Gasteiger partial charge on any atom is -0.472 e. The summed E-state index contributed by atoms with van der Waals surface area (Å²) in [6.07, 6.45) is 7.65. The standard InChI is InChI=1S/C12H19NO/c1-4-5-6-10(2)13-11(3)12-7-8-14-9-12/h4,7-11,13H,1,5-6H2,2-3H3. The number of rotatable bonds is 6. The van der Waals surface area contributed by atoms with Crippen molar-refractivity contribution >= 4 is 0 Å². The molecule has 0 bridgehead atoms. The van der Waals surface area contributed by atoms with Crippen LogP contribution in [0.3, 0.4) is 0 Å². The van der Waals surface area contributed by atoms with Gasteiger partial charge in [-0.15, -0.1) is 6.58 Å². The van der Waals surface area contributed by atoms with E-state index in [9.17, 15) is 0 Å². The summed E-state index contributed by atoms with van der Waals surface area (Å²) < 4.78 is 5.04. The zero-order valence-corrected chi connectivity index (χ0v) is 8.99. The summed E-state index contributed by atoms with van der Waals surface area (Å²) in [6.45, 7) is 8.06. The van der Waals surface area contributed by atoms with E-state index >= 15 is 0 Å². The van der Waals surface area contributed by atoms with Crippen LogP contribution < -0.4 is 5.32 Å². The highest BCUT2D eigenvalue weighted by molar-refractivity contribution is 5.10. The Morgan fingerprint density at radius 3 is 2.93 bits per heavy atom. The molecule has 78 valence electrons. The Balaban J connectivity index is 2.33. The fourth-order valence-electron chi connectivity index (χ4n) is 1.50. The van der Waals surface area contributed by atoms with Gasteiger partial charge in [-0.3, -0.25) is 0 Å². The van der Waals surface area contributed by atoms with Crippen LogP contribution in [0.15, 0.2) is 35.7 Å². The fourth-order valence-corrected chi connectivity index (χ4v) is 1.50. The Morgan fingerprint density at radius 2 is 2.36 bits per heavy atom. The lowest BCUT2D eigenvalue weighted by Crippen LogP contribution is -2.28. The van der Waals surface area contributed by atoms with E-state index in [1.807, 2.05) is 12.1 Å². The maximum absolute atomic E-state index is 5.04. The molecular weight excluding hydrogens is 174 g/mol. The van der Waals surface area contributed by atoms with Crippen molar-refractivity contribution in [1.29, 1.82) is 0 Å². The van der Waals surface area contributed by atoms with Gasteiger partial charge in [-0.1, -0.05) is 6.08 Å². The first-order valence-electron chi connectivity index (χ1n) is 5.13. The third-order valence-electron chi connectivity index (χ3n) is 2.38. The summed E-state index contributed by atoms with van der Waals surface area (Å²) in [7, 11) is 0. The predicted molar refractivity (Wildman–Crippen MR) is 59.2 cm³/mol.